The second-order valence-corrected chi connectivity index (χ2v) is 7.75. The van der Waals surface area contributed by atoms with Gasteiger partial charge in [0.05, 0.1) is 11.5 Å². The zero-order valence-corrected chi connectivity index (χ0v) is 15.7. The molecule has 1 amide bonds. The molecule has 0 aliphatic carbocycles. The summed E-state index contributed by atoms with van der Waals surface area (Å²) in [6, 6.07) is 12.3. The number of fused-ring (bicyclic) bond motifs is 3. The first-order valence-corrected chi connectivity index (χ1v) is 8.95. The number of nitro benzene ring substituents is 1. The first-order valence-electron chi connectivity index (χ1n) is 8.57. The Balaban J connectivity index is 1.83. The van der Waals surface area contributed by atoms with Gasteiger partial charge in [-0.25, -0.2) is 0 Å². The van der Waals surface area contributed by atoms with Gasteiger partial charge >= 0.3 is 0 Å². The van der Waals surface area contributed by atoms with E-state index in [2.05, 4.69) is 25.2 Å². The van der Waals surface area contributed by atoms with E-state index >= 15 is 0 Å². The van der Waals surface area contributed by atoms with Crippen molar-refractivity contribution >= 4 is 35.0 Å². The lowest BCUT2D eigenvalue weighted by Gasteiger charge is -2.40. The molecule has 0 spiro atoms. The number of hydrogen-bond acceptors (Lipinski definition) is 4. The summed E-state index contributed by atoms with van der Waals surface area (Å²) in [5.74, 6) is -0.0626. The quantitative estimate of drug-likeness (QED) is 0.644. The van der Waals surface area contributed by atoms with Gasteiger partial charge in [-0.2, -0.15) is 0 Å². The maximum atomic E-state index is 12.3. The van der Waals surface area contributed by atoms with E-state index < -0.39 is 16.0 Å². The molecule has 6 nitrogen and oxygen atoms in total. The van der Waals surface area contributed by atoms with Gasteiger partial charge in [0.1, 0.15) is 5.66 Å². The standard InChI is InChI=1S/C20H18ClN3O3/c1-19(2)15-5-3-4-6-17(15)23-12-18(25)22-20(19,23)10-9-13-11-14(24(26)27)7-8-16(13)21/h3-11H,12H2,1-2H3,(H,22,25)/b10-9+. The fourth-order valence-corrected chi connectivity index (χ4v) is 4.30. The minimum absolute atomic E-state index is 0.0298. The molecule has 0 aromatic heterocycles. The maximum absolute atomic E-state index is 12.3. The topological polar surface area (TPSA) is 75.5 Å². The SMILES string of the molecule is CC1(C)c2ccccc2N2CC(=O)NC21/C=C/c1cc([N+](=O)[O-])ccc1Cl. The lowest BCUT2D eigenvalue weighted by atomic mass is 9.75. The number of anilines is 1. The summed E-state index contributed by atoms with van der Waals surface area (Å²) in [5.41, 5.74) is 1.49. The molecule has 2 aliphatic heterocycles. The van der Waals surface area contributed by atoms with Crippen molar-refractivity contribution in [1.82, 2.24) is 5.32 Å². The zero-order valence-electron chi connectivity index (χ0n) is 14.9. The summed E-state index contributed by atoms with van der Waals surface area (Å²) in [6.07, 6.45) is 3.64. The normalized spacial score (nSPS) is 22.6. The van der Waals surface area contributed by atoms with Crippen molar-refractivity contribution in [1.29, 1.82) is 0 Å². The Hall–Kier alpha value is -2.86. The van der Waals surface area contributed by atoms with Crippen molar-refractivity contribution in [3.8, 4) is 0 Å². The van der Waals surface area contributed by atoms with Crippen LogP contribution in [0.1, 0.15) is 25.0 Å². The molecule has 0 saturated carbocycles. The minimum atomic E-state index is -0.762. The van der Waals surface area contributed by atoms with Crippen LogP contribution in [0.25, 0.3) is 6.08 Å². The Kier molecular flexibility index (Phi) is 3.78. The van der Waals surface area contributed by atoms with Crippen molar-refractivity contribution in [2.45, 2.75) is 24.9 Å². The van der Waals surface area contributed by atoms with Crippen LogP contribution < -0.4 is 10.2 Å². The molecule has 1 saturated heterocycles. The minimum Gasteiger partial charge on any atom is -0.335 e. The molecule has 0 bridgehead atoms. The van der Waals surface area contributed by atoms with Crippen LogP contribution in [0.3, 0.4) is 0 Å². The monoisotopic (exact) mass is 383 g/mol. The number of rotatable bonds is 3. The third-order valence-electron chi connectivity index (χ3n) is 5.57. The van der Waals surface area contributed by atoms with Crippen LogP contribution in [0, 0.1) is 10.1 Å². The number of benzene rings is 2. The molecule has 1 fully saturated rings. The van der Waals surface area contributed by atoms with Crippen molar-refractivity contribution in [3.05, 3.63) is 74.8 Å². The number of nitro groups is 1. The highest BCUT2D eigenvalue weighted by Gasteiger charge is 2.59. The predicted molar refractivity (Wildman–Crippen MR) is 105 cm³/mol. The highest BCUT2D eigenvalue weighted by atomic mass is 35.5. The van der Waals surface area contributed by atoms with Gasteiger partial charge in [0.15, 0.2) is 0 Å². The van der Waals surface area contributed by atoms with Crippen LogP contribution in [0.2, 0.25) is 5.02 Å². The maximum Gasteiger partial charge on any atom is 0.270 e. The van der Waals surface area contributed by atoms with Gasteiger partial charge in [-0.3, -0.25) is 14.9 Å². The van der Waals surface area contributed by atoms with E-state index in [1.54, 1.807) is 6.08 Å². The molecule has 2 heterocycles. The number of nitrogens with one attached hydrogen (secondary N) is 1. The number of para-hydroxylation sites is 1. The Morgan fingerprint density at radius 3 is 2.74 bits per heavy atom. The van der Waals surface area contributed by atoms with E-state index in [-0.39, 0.29) is 18.1 Å². The first kappa shape index (κ1) is 17.5. The largest absolute Gasteiger partial charge is 0.335 e. The average Bonchev–Trinajstić information content (AvgIpc) is 3.06. The highest BCUT2D eigenvalue weighted by molar-refractivity contribution is 6.32. The lowest BCUT2D eigenvalue weighted by molar-refractivity contribution is -0.384. The van der Waals surface area contributed by atoms with Crippen molar-refractivity contribution in [3.63, 3.8) is 0 Å². The number of hydrogen-bond donors (Lipinski definition) is 1. The zero-order chi connectivity index (χ0) is 19.4. The molecule has 2 aromatic carbocycles. The van der Waals surface area contributed by atoms with Crippen molar-refractivity contribution in [2.75, 3.05) is 11.4 Å². The summed E-state index contributed by atoms with van der Waals surface area (Å²) < 4.78 is 0. The number of non-ortho nitro benzene ring substituents is 1. The Bertz CT molecular complexity index is 1000. The molecular formula is C20H18ClN3O3. The third-order valence-corrected chi connectivity index (χ3v) is 5.92. The number of carbonyl (C=O) groups is 1. The molecular weight excluding hydrogens is 366 g/mol. The Morgan fingerprint density at radius 1 is 1.26 bits per heavy atom. The van der Waals surface area contributed by atoms with E-state index in [1.165, 1.54) is 18.2 Å². The number of carbonyl (C=O) groups excluding carboxylic acids is 1. The van der Waals surface area contributed by atoms with Gasteiger partial charge in [-0.05, 0) is 29.3 Å². The van der Waals surface area contributed by atoms with Crippen molar-refractivity contribution in [2.24, 2.45) is 0 Å². The van der Waals surface area contributed by atoms with Gasteiger partial charge in [-0.1, -0.05) is 49.7 Å². The first-order chi connectivity index (χ1) is 12.8. The molecule has 27 heavy (non-hydrogen) atoms. The van der Waals surface area contributed by atoms with Crippen LogP contribution in [0.5, 0.6) is 0 Å². The number of amides is 1. The average molecular weight is 384 g/mol. The van der Waals surface area contributed by atoms with Gasteiger partial charge in [-0.15, -0.1) is 0 Å². The molecule has 2 aromatic rings. The molecule has 0 radical (unpaired) electrons. The summed E-state index contributed by atoms with van der Waals surface area (Å²) >= 11 is 6.24. The van der Waals surface area contributed by atoms with Crippen LogP contribution in [0.15, 0.2) is 48.5 Å². The fraction of sp³-hybridized carbons (Fsp3) is 0.250. The fourth-order valence-electron chi connectivity index (χ4n) is 4.12. The highest BCUT2D eigenvalue weighted by Crippen LogP contribution is 2.52. The van der Waals surface area contributed by atoms with E-state index in [4.69, 9.17) is 11.6 Å². The molecule has 1 unspecified atom stereocenters. The smallest absolute Gasteiger partial charge is 0.270 e. The van der Waals surface area contributed by atoms with Crippen LogP contribution in [0.4, 0.5) is 11.4 Å². The van der Waals surface area contributed by atoms with E-state index in [0.717, 1.165) is 11.3 Å². The van der Waals surface area contributed by atoms with Gasteiger partial charge in [0.2, 0.25) is 5.91 Å². The summed E-state index contributed by atoms with van der Waals surface area (Å²) in [5, 5.41) is 14.6. The molecule has 7 heteroatoms. The van der Waals surface area contributed by atoms with E-state index in [9.17, 15) is 14.9 Å². The van der Waals surface area contributed by atoms with Gasteiger partial charge in [0, 0.05) is 28.3 Å². The Labute approximate surface area is 161 Å². The molecule has 4 rings (SSSR count). The van der Waals surface area contributed by atoms with Crippen LogP contribution >= 0.6 is 11.6 Å². The number of halogens is 1. The molecule has 138 valence electrons. The molecule has 2 aliphatic rings. The number of nitrogens with zero attached hydrogens (tertiary/aromatic N) is 2. The van der Waals surface area contributed by atoms with E-state index in [1.807, 2.05) is 29.2 Å². The lowest BCUT2D eigenvalue weighted by Crippen LogP contribution is -2.58. The predicted octanol–water partition coefficient (Wildman–Crippen LogP) is 3.89. The summed E-state index contributed by atoms with van der Waals surface area (Å²) in [6.45, 7) is 4.42. The second kappa shape index (κ2) is 5.82. The van der Waals surface area contributed by atoms with Crippen LogP contribution in [-0.2, 0) is 10.2 Å². The summed E-state index contributed by atoms with van der Waals surface area (Å²) in [4.78, 5) is 24.9. The van der Waals surface area contributed by atoms with E-state index in [0.29, 0.717) is 10.6 Å². The van der Waals surface area contributed by atoms with Crippen molar-refractivity contribution < 1.29 is 9.72 Å². The summed E-state index contributed by atoms with van der Waals surface area (Å²) in [7, 11) is 0. The van der Waals surface area contributed by atoms with Gasteiger partial charge in [0.25, 0.3) is 5.69 Å². The molecule has 1 atom stereocenters. The van der Waals surface area contributed by atoms with Crippen LogP contribution in [-0.4, -0.2) is 23.0 Å². The third kappa shape index (κ3) is 2.44. The van der Waals surface area contributed by atoms with Gasteiger partial charge < -0.3 is 10.2 Å². The second-order valence-electron chi connectivity index (χ2n) is 7.34. The Morgan fingerprint density at radius 2 is 2.00 bits per heavy atom. The molecule has 1 N–H and O–H groups in total.